The second-order valence-electron chi connectivity index (χ2n) is 4.51. The van der Waals surface area contributed by atoms with Crippen LogP contribution in [0.5, 0.6) is 0 Å². The largest absolute Gasteiger partial charge is 0.465 e. The fourth-order valence-electron chi connectivity index (χ4n) is 2.06. The number of carbonyl (C=O) groups excluding carboxylic acids is 2. The van der Waals surface area contributed by atoms with E-state index in [0.717, 1.165) is 19.4 Å². The summed E-state index contributed by atoms with van der Waals surface area (Å²) in [5, 5.41) is 5.37. The number of methoxy groups -OCH3 is 1. The Kier molecular flexibility index (Phi) is 4.95. The van der Waals surface area contributed by atoms with Crippen molar-refractivity contribution in [1.29, 1.82) is 0 Å². The number of rotatable bonds is 4. The molecule has 0 bridgehead atoms. The van der Waals surface area contributed by atoms with Crippen LogP contribution in [0.2, 0.25) is 0 Å². The molecule has 0 spiro atoms. The van der Waals surface area contributed by atoms with Crippen molar-refractivity contribution < 1.29 is 19.1 Å². The lowest BCUT2D eigenvalue weighted by Crippen LogP contribution is -2.35. The number of urea groups is 1. The predicted molar refractivity (Wildman–Crippen MR) is 73.8 cm³/mol. The van der Waals surface area contributed by atoms with E-state index in [9.17, 15) is 9.59 Å². The molecule has 1 saturated heterocycles. The second-order valence-corrected chi connectivity index (χ2v) is 4.51. The summed E-state index contributed by atoms with van der Waals surface area (Å²) >= 11 is 0. The van der Waals surface area contributed by atoms with Crippen LogP contribution in [0.15, 0.2) is 24.3 Å². The Morgan fingerprint density at radius 2 is 2.20 bits per heavy atom. The van der Waals surface area contributed by atoms with Crippen molar-refractivity contribution >= 4 is 17.7 Å². The molecule has 1 fully saturated rings. The summed E-state index contributed by atoms with van der Waals surface area (Å²) in [6.07, 6.45) is 2.06. The van der Waals surface area contributed by atoms with E-state index < -0.39 is 5.97 Å². The van der Waals surface area contributed by atoms with Crippen molar-refractivity contribution in [3.63, 3.8) is 0 Å². The molecular weight excluding hydrogens is 260 g/mol. The second kappa shape index (κ2) is 6.91. The molecule has 2 rings (SSSR count). The Labute approximate surface area is 117 Å². The first kappa shape index (κ1) is 14.3. The van der Waals surface area contributed by atoms with Crippen LogP contribution in [0.3, 0.4) is 0 Å². The van der Waals surface area contributed by atoms with Gasteiger partial charge in [0.1, 0.15) is 0 Å². The van der Waals surface area contributed by atoms with E-state index in [1.54, 1.807) is 24.3 Å². The Morgan fingerprint density at radius 1 is 1.40 bits per heavy atom. The molecule has 0 unspecified atom stereocenters. The third kappa shape index (κ3) is 3.71. The summed E-state index contributed by atoms with van der Waals surface area (Å²) in [6.45, 7) is 1.21. The molecule has 2 amide bonds. The van der Waals surface area contributed by atoms with Crippen LogP contribution in [0.25, 0.3) is 0 Å². The summed E-state index contributed by atoms with van der Waals surface area (Å²) in [4.78, 5) is 23.4. The van der Waals surface area contributed by atoms with Crippen LogP contribution >= 0.6 is 0 Å². The van der Waals surface area contributed by atoms with Gasteiger partial charge in [-0.2, -0.15) is 0 Å². The number of benzene rings is 1. The zero-order valence-corrected chi connectivity index (χ0v) is 11.3. The average molecular weight is 278 g/mol. The quantitative estimate of drug-likeness (QED) is 0.823. The van der Waals surface area contributed by atoms with Gasteiger partial charge in [0.05, 0.1) is 24.5 Å². The van der Waals surface area contributed by atoms with Crippen LogP contribution in [0.4, 0.5) is 10.5 Å². The molecule has 1 aromatic carbocycles. The normalized spacial score (nSPS) is 17.6. The van der Waals surface area contributed by atoms with Gasteiger partial charge in [0.25, 0.3) is 0 Å². The van der Waals surface area contributed by atoms with Gasteiger partial charge < -0.3 is 20.1 Å². The summed E-state index contributed by atoms with van der Waals surface area (Å²) in [6, 6.07) is 6.33. The standard InChI is InChI=1S/C14H18N2O4/c1-19-13(17)11-6-2-3-7-12(11)16-14(18)15-9-10-5-4-8-20-10/h2-3,6-7,10H,4-5,8-9H2,1H3,(H2,15,16,18)/t10-/m1/s1. The van der Waals surface area contributed by atoms with Crippen LogP contribution in [-0.4, -0.2) is 38.4 Å². The number of nitrogens with one attached hydrogen (secondary N) is 2. The molecule has 1 aliphatic heterocycles. The van der Waals surface area contributed by atoms with E-state index in [1.165, 1.54) is 7.11 Å². The number of carbonyl (C=O) groups is 2. The van der Waals surface area contributed by atoms with Crippen molar-refractivity contribution in [3.05, 3.63) is 29.8 Å². The summed E-state index contributed by atoms with van der Waals surface area (Å²) in [5.74, 6) is -0.486. The highest BCUT2D eigenvalue weighted by Crippen LogP contribution is 2.16. The van der Waals surface area contributed by atoms with E-state index in [1.807, 2.05) is 0 Å². The molecule has 0 radical (unpaired) electrons. The van der Waals surface area contributed by atoms with Gasteiger partial charge in [0, 0.05) is 13.2 Å². The Morgan fingerprint density at radius 3 is 2.90 bits per heavy atom. The molecule has 1 aromatic rings. The lowest BCUT2D eigenvalue weighted by molar-refractivity contribution is 0.0602. The molecule has 6 heteroatoms. The minimum atomic E-state index is -0.486. The molecule has 1 heterocycles. The van der Waals surface area contributed by atoms with Crippen molar-refractivity contribution in [3.8, 4) is 0 Å². The summed E-state index contributed by atoms with van der Waals surface area (Å²) < 4.78 is 10.1. The fraction of sp³-hybridized carbons (Fsp3) is 0.429. The first-order valence-electron chi connectivity index (χ1n) is 6.54. The molecule has 6 nitrogen and oxygen atoms in total. The number of ether oxygens (including phenoxy) is 2. The Hall–Kier alpha value is -2.08. The van der Waals surface area contributed by atoms with Gasteiger partial charge >= 0.3 is 12.0 Å². The fourth-order valence-corrected chi connectivity index (χ4v) is 2.06. The van der Waals surface area contributed by atoms with Crippen molar-refractivity contribution in [2.24, 2.45) is 0 Å². The third-order valence-corrected chi connectivity index (χ3v) is 3.09. The van der Waals surface area contributed by atoms with E-state index in [4.69, 9.17) is 4.74 Å². The number of anilines is 1. The summed E-state index contributed by atoms with van der Waals surface area (Å²) in [7, 11) is 1.30. The maximum atomic E-state index is 11.8. The number of amides is 2. The first-order chi connectivity index (χ1) is 9.70. The molecule has 1 atom stereocenters. The van der Waals surface area contributed by atoms with Crippen LogP contribution in [-0.2, 0) is 9.47 Å². The van der Waals surface area contributed by atoms with E-state index in [2.05, 4.69) is 15.4 Å². The number of hydrogen-bond donors (Lipinski definition) is 2. The third-order valence-electron chi connectivity index (χ3n) is 3.09. The van der Waals surface area contributed by atoms with Crippen LogP contribution in [0.1, 0.15) is 23.2 Å². The lowest BCUT2D eigenvalue weighted by atomic mass is 10.2. The summed E-state index contributed by atoms with van der Waals surface area (Å²) in [5.41, 5.74) is 0.742. The minimum Gasteiger partial charge on any atom is -0.465 e. The molecule has 0 aliphatic carbocycles. The van der Waals surface area contributed by atoms with Gasteiger partial charge in [-0.15, -0.1) is 0 Å². The van der Waals surface area contributed by atoms with E-state index in [-0.39, 0.29) is 12.1 Å². The lowest BCUT2D eigenvalue weighted by Gasteiger charge is -2.13. The smallest absolute Gasteiger partial charge is 0.339 e. The van der Waals surface area contributed by atoms with Gasteiger partial charge in [-0.25, -0.2) is 9.59 Å². The van der Waals surface area contributed by atoms with Crippen molar-refractivity contribution in [2.45, 2.75) is 18.9 Å². The maximum absolute atomic E-state index is 11.8. The molecule has 2 N–H and O–H groups in total. The van der Waals surface area contributed by atoms with Gasteiger partial charge in [-0.3, -0.25) is 0 Å². The van der Waals surface area contributed by atoms with Gasteiger partial charge in [-0.05, 0) is 25.0 Å². The number of para-hydroxylation sites is 1. The van der Waals surface area contributed by atoms with Crippen LogP contribution < -0.4 is 10.6 Å². The number of hydrogen-bond acceptors (Lipinski definition) is 4. The maximum Gasteiger partial charge on any atom is 0.339 e. The van der Waals surface area contributed by atoms with Gasteiger partial charge in [-0.1, -0.05) is 12.1 Å². The molecule has 0 aromatic heterocycles. The zero-order valence-electron chi connectivity index (χ0n) is 11.3. The van der Waals surface area contributed by atoms with Crippen molar-refractivity contribution in [2.75, 3.05) is 25.6 Å². The number of esters is 1. The zero-order chi connectivity index (χ0) is 14.4. The molecule has 1 aliphatic rings. The Bertz CT molecular complexity index is 484. The minimum absolute atomic E-state index is 0.0802. The predicted octanol–water partition coefficient (Wildman–Crippen LogP) is 1.77. The molecule has 108 valence electrons. The SMILES string of the molecule is COC(=O)c1ccccc1NC(=O)NC[C@H]1CCCO1. The van der Waals surface area contributed by atoms with Crippen molar-refractivity contribution in [1.82, 2.24) is 5.32 Å². The first-order valence-corrected chi connectivity index (χ1v) is 6.54. The van der Waals surface area contributed by atoms with E-state index >= 15 is 0 Å². The average Bonchev–Trinajstić information content (AvgIpc) is 2.98. The Balaban J connectivity index is 1.91. The van der Waals surface area contributed by atoms with Gasteiger partial charge in [0.2, 0.25) is 0 Å². The topological polar surface area (TPSA) is 76.7 Å². The van der Waals surface area contributed by atoms with Gasteiger partial charge in [0.15, 0.2) is 0 Å². The molecule has 0 saturated carbocycles. The highest BCUT2D eigenvalue weighted by molar-refractivity contribution is 6.00. The monoisotopic (exact) mass is 278 g/mol. The highest BCUT2D eigenvalue weighted by atomic mass is 16.5. The molecule has 20 heavy (non-hydrogen) atoms. The highest BCUT2D eigenvalue weighted by Gasteiger charge is 2.17. The van der Waals surface area contributed by atoms with E-state index in [0.29, 0.717) is 17.8 Å². The van der Waals surface area contributed by atoms with Crippen LogP contribution in [0, 0.1) is 0 Å². The molecular formula is C14H18N2O4.